The number of hydrogen-bond donors (Lipinski definition) is 2. The van der Waals surface area contributed by atoms with Gasteiger partial charge < -0.3 is 24.8 Å². The fraction of sp³-hybridized carbons (Fsp3) is 0.400. The molecule has 22 heavy (non-hydrogen) atoms. The molecule has 1 heterocycles. The normalized spacial score (nSPS) is 12.3. The third-order valence-electron chi connectivity index (χ3n) is 2.73. The van der Waals surface area contributed by atoms with Crippen molar-refractivity contribution in [2.24, 2.45) is 4.99 Å². The topological polar surface area (TPSA) is 64.1 Å². The highest BCUT2D eigenvalue weighted by Gasteiger charge is 2.13. The van der Waals surface area contributed by atoms with Crippen LogP contribution in [0.4, 0.5) is 0 Å². The summed E-state index contributed by atoms with van der Waals surface area (Å²) < 4.78 is 16.2. The molecule has 2 rings (SSSR count). The fourth-order valence-electron chi connectivity index (χ4n) is 1.80. The molecule has 0 atom stereocenters. The van der Waals surface area contributed by atoms with E-state index in [1.807, 2.05) is 25.1 Å². The quantitative estimate of drug-likeness (QED) is 0.233. The Morgan fingerprint density at radius 2 is 2.18 bits per heavy atom. The van der Waals surface area contributed by atoms with Gasteiger partial charge in [-0.25, -0.2) is 4.99 Å². The van der Waals surface area contributed by atoms with Crippen LogP contribution in [-0.4, -0.2) is 39.0 Å². The molecule has 6 nitrogen and oxygen atoms in total. The van der Waals surface area contributed by atoms with E-state index < -0.39 is 0 Å². The van der Waals surface area contributed by atoms with Crippen molar-refractivity contribution in [3.63, 3.8) is 0 Å². The average molecular weight is 419 g/mol. The summed E-state index contributed by atoms with van der Waals surface area (Å²) in [6.45, 7) is 8.49. The lowest BCUT2D eigenvalue weighted by atomic mass is 10.3. The van der Waals surface area contributed by atoms with E-state index in [2.05, 4.69) is 22.2 Å². The maximum atomic E-state index is 5.65. The average Bonchev–Trinajstić information content (AvgIpc) is 2.96. The highest BCUT2D eigenvalue weighted by Crippen LogP contribution is 2.34. The molecule has 1 aromatic carbocycles. The van der Waals surface area contributed by atoms with Crippen LogP contribution in [0.15, 0.2) is 35.8 Å². The Bertz CT molecular complexity index is 509. The minimum atomic E-state index is 0. The molecule has 0 radical (unpaired) electrons. The summed E-state index contributed by atoms with van der Waals surface area (Å²) >= 11 is 0. The number of aliphatic imine (C=N–C) groups is 1. The van der Waals surface area contributed by atoms with Crippen molar-refractivity contribution in [3.8, 4) is 17.2 Å². The van der Waals surface area contributed by atoms with Gasteiger partial charge in [-0.3, -0.25) is 0 Å². The van der Waals surface area contributed by atoms with Crippen molar-refractivity contribution in [1.82, 2.24) is 10.6 Å². The van der Waals surface area contributed by atoms with E-state index >= 15 is 0 Å². The standard InChI is InChI=1S/C15H21N3O3.HI/c1-3-7-17-15(16-4-2)18-8-9-19-12-5-6-13-14(10-12)21-11-20-13;/h3,5-6,10H,1,4,7-9,11H2,2H3,(H2,16,17,18);1H. The number of benzene rings is 1. The van der Waals surface area contributed by atoms with Crippen molar-refractivity contribution in [1.29, 1.82) is 0 Å². The molecule has 2 N–H and O–H groups in total. The van der Waals surface area contributed by atoms with Crippen LogP contribution in [0.3, 0.4) is 0 Å². The smallest absolute Gasteiger partial charge is 0.231 e. The summed E-state index contributed by atoms with van der Waals surface area (Å²) in [6.07, 6.45) is 1.79. The van der Waals surface area contributed by atoms with Gasteiger partial charge in [0.05, 0.1) is 6.54 Å². The molecular formula is C15H22IN3O3. The SMILES string of the molecule is C=CCNC(=NCCOc1ccc2c(c1)OCO2)NCC.I. The van der Waals surface area contributed by atoms with Crippen LogP contribution in [0.5, 0.6) is 17.2 Å². The number of rotatable bonds is 7. The van der Waals surface area contributed by atoms with Crippen molar-refractivity contribution >= 4 is 29.9 Å². The summed E-state index contributed by atoms with van der Waals surface area (Å²) in [5, 5.41) is 6.28. The highest BCUT2D eigenvalue weighted by molar-refractivity contribution is 14.0. The van der Waals surface area contributed by atoms with E-state index in [-0.39, 0.29) is 30.8 Å². The Morgan fingerprint density at radius 1 is 1.36 bits per heavy atom. The Labute approximate surface area is 147 Å². The van der Waals surface area contributed by atoms with E-state index in [0.717, 1.165) is 29.8 Å². The number of halogens is 1. The van der Waals surface area contributed by atoms with E-state index in [0.29, 0.717) is 19.7 Å². The number of hydrogen-bond acceptors (Lipinski definition) is 4. The molecule has 1 aliphatic rings. The lowest BCUT2D eigenvalue weighted by Crippen LogP contribution is -2.37. The van der Waals surface area contributed by atoms with Gasteiger partial charge in [0.15, 0.2) is 17.5 Å². The van der Waals surface area contributed by atoms with Gasteiger partial charge in [0, 0.05) is 19.2 Å². The van der Waals surface area contributed by atoms with Gasteiger partial charge in [0.25, 0.3) is 0 Å². The van der Waals surface area contributed by atoms with Gasteiger partial charge >= 0.3 is 0 Å². The predicted octanol–water partition coefficient (Wildman–Crippen LogP) is 2.15. The van der Waals surface area contributed by atoms with Crippen LogP contribution in [0.1, 0.15) is 6.92 Å². The highest BCUT2D eigenvalue weighted by atomic mass is 127. The second-order valence-corrected chi connectivity index (χ2v) is 4.29. The Hall–Kier alpha value is -1.64. The van der Waals surface area contributed by atoms with E-state index in [1.165, 1.54) is 0 Å². The van der Waals surface area contributed by atoms with Gasteiger partial charge in [-0.05, 0) is 19.1 Å². The Morgan fingerprint density at radius 3 is 2.95 bits per heavy atom. The van der Waals surface area contributed by atoms with Gasteiger partial charge in [0.2, 0.25) is 6.79 Å². The van der Waals surface area contributed by atoms with Crippen LogP contribution >= 0.6 is 24.0 Å². The zero-order valence-corrected chi connectivity index (χ0v) is 15.0. The van der Waals surface area contributed by atoms with Crippen molar-refractivity contribution in [2.45, 2.75) is 6.92 Å². The first-order valence-electron chi connectivity index (χ1n) is 6.99. The molecule has 0 aromatic heterocycles. The Kier molecular flexibility index (Phi) is 8.49. The molecule has 0 aliphatic carbocycles. The molecule has 0 bridgehead atoms. The second kappa shape index (κ2) is 10.1. The first-order valence-corrected chi connectivity index (χ1v) is 6.99. The Balaban J connectivity index is 0.00000242. The number of guanidine groups is 1. The molecule has 0 fully saturated rings. The van der Waals surface area contributed by atoms with Gasteiger partial charge in [-0.2, -0.15) is 0 Å². The zero-order chi connectivity index (χ0) is 14.9. The molecule has 1 aromatic rings. The monoisotopic (exact) mass is 419 g/mol. The summed E-state index contributed by atoms with van der Waals surface area (Å²) in [5.74, 6) is 2.98. The zero-order valence-electron chi connectivity index (χ0n) is 12.6. The lowest BCUT2D eigenvalue weighted by Gasteiger charge is -2.10. The largest absolute Gasteiger partial charge is 0.492 e. The van der Waals surface area contributed by atoms with Crippen LogP contribution in [0, 0.1) is 0 Å². The van der Waals surface area contributed by atoms with E-state index in [1.54, 1.807) is 6.08 Å². The first-order chi connectivity index (χ1) is 10.3. The molecule has 7 heteroatoms. The van der Waals surface area contributed by atoms with Gasteiger partial charge in [-0.15, -0.1) is 30.6 Å². The molecule has 0 saturated heterocycles. The molecule has 1 aliphatic heterocycles. The molecule has 0 spiro atoms. The number of fused-ring (bicyclic) bond motifs is 1. The van der Waals surface area contributed by atoms with Crippen LogP contribution in [0.2, 0.25) is 0 Å². The first kappa shape index (κ1) is 18.4. The molecule has 122 valence electrons. The lowest BCUT2D eigenvalue weighted by molar-refractivity contribution is 0.174. The van der Waals surface area contributed by atoms with Crippen molar-refractivity contribution in [3.05, 3.63) is 30.9 Å². The van der Waals surface area contributed by atoms with Gasteiger partial charge in [-0.1, -0.05) is 6.08 Å². The minimum absolute atomic E-state index is 0. The van der Waals surface area contributed by atoms with Crippen LogP contribution in [0.25, 0.3) is 0 Å². The van der Waals surface area contributed by atoms with Crippen molar-refractivity contribution in [2.75, 3.05) is 33.0 Å². The number of nitrogens with one attached hydrogen (secondary N) is 2. The predicted molar refractivity (Wildman–Crippen MR) is 97.7 cm³/mol. The molecule has 0 saturated carbocycles. The fourth-order valence-corrected chi connectivity index (χ4v) is 1.80. The summed E-state index contributed by atoms with van der Waals surface area (Å²) in [4.78, 5) is 4.40. The minimum Gasteiger partial charge on any atom is -0.492 e. The summed E-state index contributed by atoms with van der Waals surface area (Å²) in [7, 11) is 0. The number of ether oxygens (including phenoxy) is 3. The van der Waals surface area contributed by atoms with Gasteiger partial charge in [0.1, 0.15) is 12.4 Å². The summed E-state index contributed by atoms with van der Waals surface area (Å²) in [5.41, 5.74) is 0. The molecular weight excluding hydrogens is 397 g/mol. The maximum Gasteiger partial charge on any atom is 0.231 e. The third-order valence-corrected chi connectivity index (χ3v) is 2.73. The summed E-state index contributed by atoms with van der Waals surface area (Å²) in [6, 6.07) is 5.53. The molecule has 0 unspecified atom stereocenters. The maximum absolute atomic E-state index is 5.65. The van der Waals surface area contributed by atoms with Crippen LogP contribution < -0.4 is 24.8 Å². The van der Waals surface area contributed by atoms with Crippen molar-refractivity contribution < 1.29 is 14.2 Å². The van der Waals surface area contributed by atoms with Crippen LogP contribution in [-0.2, 0) is 0 Å². The molecule has 0 amide bonds. The third kappa shape index (κ3) is 5.63. The second-order valence-electron chi connectivity index (χ2n) is 4.29. The van der Waals surface area contributed by atoms with E-state index in [4.69, 9.17) is 14.2 Å². The number of nitrogens with zero attached hydrogens (tertiary/aromatic N) is 1. The van der Waals surface area contributed by atoms with E-state index in [9.17, 15) is 0 Å².